The molecule has 1 N–H and O–H groups in total. The Morgan fingerprint density at radius 2 is 1.81 bits per heavy atom. The predicted molar refractivity (Wildman–Crippen MR) is 86.5 cm³/mol. The molecule has 0 radical (unpaired) electrons. The van der Waals surface area contributed by atoms with Gasteiger partial charge in [-0.2, -0.15) is 0 Å². The number of hydrogen-bond acceptors (Lipinski definition) is 1. The van der Waals surface area contributed by atoms with Crippen molar-refractivity contribution in [1.82, 2.24) is 5.32 Å². The Labute approximate surface area is 134 Å². The van der Waals surface area contributed by atoms with Crippen molar-refractivity contribution in [2.45, 2.75) is 6.42 Å². The van der Waals surface area contributed by atoms with E-state index in [-0.39, 0.29) is 5.91 Å². The van der Waals surface area contributed by atoms with Crippen LogP contribution in [0.1, 0.15) is 11.1 Å². The van der Waals surface area contributed by atoms with Gasteiger partial charge >= 0.3 is 0 Å². The Bertz CT molecular complexity index is 684. The second kappa shape index (κ2) is 7.73. The van der Waals surface area contributed by atoms with E-state index >= 15 is 0 Å². The monoisotopic (exact) mass is 317 g/mol. The standard InChI is InChI=1S/C17H13Cl2NO/c18-15-8-6-14(7-9-15)12-17(21)20-10-2-4-13-3-1-5-16(19)11-13/h1,3,5-9,11H,10,12H2,(H,20,21). The van der Waals surface area contributed by atoms with Gasteiger partial charge in [-0.05, 0) is 35.9 Å². The summed E-state index contributed by atoms with van der Waals surface area (Å²) in [5.74, 6) is 5.77. The second-order valence-electron chi connectivity index (χ2n) is 4.39. The van der Waals surface area contributed by atoms with Crippen molar-refractivity contribution in [3.63, 3.8) is 0 Å². The molecule has 0 aliphatic heterocycles. The smallest absolute Gasteiger partial charge is 0.225 e. The normalized spacial score (nSPS) is 9.62. The van der Waals surface area contributed by atoms with Crippen LogP contribution in [-0.4, -0.2) is 12.5 Å². The third-order valence-electron chi connectivity index (χ3n) is 2.71. The quantitative estimate of drug-likeness (QED) is 0.859. The van der Waals surface area contributed by atoms with Gasteiger partial charge in [0.25, 0.3) is 0 Å². The molecule has 0 aliphatic carbocycles. The third-order valence-corrected chi connectivity index (χ3v) is 3.20. The van der Waals surface area contributed by atoms with Crippen molar-refractivity contribution in [1.29, 1.82) is 0 Å². The molecule has 1 amide bonds. The highest BCUT2D eigenvalue weighted by Crippen LogP contribution is 2.10. The van der Waals surface area contributed by atoms with Gasteiger partial charge in [-0.1, -0.05) is 53.2 Å². The van der Waals surface area contributed by atoms with Gasteiger partial charge in [0.2, 0.25) is 5.91 Å². The highest BCUT2D eigenvalue weighted by Gasteiger charge is 2.01. The highest BCUT2D eigenvalue weighted by molar-refractivity contribution is 6.30. The van der Waals surface area contributed by atoms with Crippen LogP contribution in [0.4, 0.5) is 0 Å². The van der Waals surface area contributed by atoms with E-state index in [2.05, 4.69) is 17.2 Å². The van der Waals surface area contributed by atoms with E-state index in [9.17, 15) is 4.79 Å². The maximum absolute atomic E-state index is 11.7. The average molecular weight is 318 g/mol. The van der Waals surface area contributed by atoms with E-state index in [4.69, 9.17) is 23.2 Å². The van der Waals surface area contributed by atoms with Crippen molar-refractivity contribution in [3.8, 4) is 11.8 Å². The first-order valence-corrected chi connectivity index (χ1v) is 7.14. The number of halogens is 2. The van der Waals surface area contributed by atoms with Crippen LogP contribution in [0, 0.1) is 11.8 Å². The molecule has 0 aliphatic rings. The van der Waals surface area contributed by atoms with Crippen molar-refractivity contribution >= 4 is 29.1 Å². The Morgan fingerprint density at radius 1 is 1.05 bits per heavy atom. The van der Waals surface area contributed by atoms with E-state index in [0.29, 0.717) is 23.0 Å². The molecular weight excluding hydrogens is 305 g/mol. The number of carbonyl (C=O) groups is 1. The van der Waals surface area contributed by atoms with Crippen molar-refractivity contribution in [2.24, 2.45) is 0 Å². The van der Waals surface area contributed by atoms with Crippen LogP contribution in [0.3, 0.4) is 0 Å². The minimum Gasteiger partial charge on any atom is -0.345 e. The summed E-state index contributed by atoms with van der Waals surface area (Å²) >= 11 is 11.7. The molecule has 106 valence electrons. The fourth-order valence-corrected chi connectivity index (χ4v) is 2.02. The number of rotatable bonds is 3. The minimum absolute atomic E-state index is 0.0716. The Balaban J connectivity index is 1.81. The highest BCUT2D eigenvalue weighted by atomic mass is 35.5. The molecule has 0 aromatic heterocycles. The summed E-state index contributed by atoms with van der Waals surface area (Å²) in [6, 6.07) is 14.5. The molecule has 0 spiro atoms. The largest absolute Gasteiger partial charge is 0.345 e. The molecule has 4 heteroatoms. The summed E-state index contributed by atoms with van der Waals surface area (Å²) in [5.41, 5.74) is 1.74. The number of benzene rings is 2. The zero-order valence-corrected chi connectivity index (χ0v) is 12.7. The van der Waals surface area contributed by atoms with Crippen molar-refractivity contribution in [3.05, 3.63) is 69.7 Å². The molecule has 0 saturated heterocycles. The molecule has 2 aromatic carbocycles. The lowest BCUT2D eigenvalue weighted by Gasteiger charge is -2.01. The van der Waals surface area contributed by atoms with Crippen molar-refractivity contribution < 1.29 is 4.79 Å². The van der Waals surface area contributed by atoms with Gasteiger partial charge in [-0.15, -0.1) is 0 Å². The van der Waals surface area contributed by atoms with Gasteiger partial charge < -0.3 is 5.32 Å². The molecule has 0 bridgehead atoms. The maximum Gasteiger partial charge on any atom is 0.225 e. The molecule has 0 heterocycles. The summed E-state index contributed by atoms with van der Waals surface area (Å²) in [5, 5.41) is 4.06. The van der Waals surface area contributed by atoms with Crippen LogP contribution in [0.15, 0.2) is 48.5 Å². The van der Waals surface area contributed by atoms with Crippen LogP contribution < -0.4 is 5.32 Å². The summed E-state index contributed by atoms with van der Waals surface area (Å²) < 4.78 is 0. The maximum atomic E-state index is 11.7. The van der Waals surface area contributed by atoms with Gasteiger partial charge in [-0.25, -0.2) is 0 Å². The lowest BCUT2D eigenvalue weighted by molar-refractivity contribution is -0.120. The fraction of sp³-hybridized carbons (Fsp3) is 0.118. The fourth-order valence-electron chi connectivity index (χ4n) is 1.71. The third kappa shape index (κ3) is 5.51. The number of nitrogens with one attached hydrogen (secondary N) is 1. The van der Waals surface area contributed by atoms with Crippen LogP contribution in [0.5, 0.6) is 0 Å². The van der Waals surface area contributed by atoms with E-state index in [1.807, 2.05) is 24.3 Å². The van der Waals surface area contributed by atoms with E-state index in [0.717, 1.165) is 11.1 Å². The Hall–Kier alpha value is -1.95. The molecule has 0 unspecified atom stereocenters. The second-order valence-corrected chi connectivity index (χ2v) is 5.26. The molecular formula is C17H13Cl2NO. The molecule has 0 atom stereocenters. The van der Waals surface area contributed by atoms with Crippen LogP contribution >= 0.6 is 23.2 Å². The molecule has 0 saturated carbocycles. The van der Waals surface area contributed by atoms with Gasteiger partial charge in [0, 0.05) is 15.6 Å². The number of carbonyl (C=O) groups excluding carboxylic acids is 1. The van der Waals surface area contributed by atoms with Gasteiger partial charge in [0.1, 0.15) is 0 Å². The molecule has 2 aromatic rings. The first-order chi connectivity index (χ1) is 10.1. The minimum atomic E-state index is -0.0716. The van der Waals surface area contributed by atoms with Gasteiger partial charge in [0.05, 0.1) is 13.0 Å². The Kier molecular flexibility index (Phi) is 5.68. The first-order valence-electron chi connectivity index (χ1n) is 6.39. The van der Waals surface area contributed by atoms with Crippen molar-refractivity contribution in [2.75, 3.05) is 6.54 Å². The van der Waals surface area contributed by atoms with Gasteiger partial charge in [-0.3, -0.25) is 4.79 Å². The summed E-state index contributed by atoms with van der Waals surface area (Å²) in [6.07, 6.45) is 0.315. The zero-order valence-electron chi connectivity index (χ0n) is 11.2. The van der Waals surface area contributed by atoms with E-state index in [1.54, 1.807) is 24.3 Å². The Morgan fingerprint density at radius 3 is 2.52 bits per heavy atom. The first kappa shape index (κ1) is 15.4. The molecule has 0 fully saturated rings. The van der Waals surface area contributed by atoms with Crippen LogP contribution in [0.2, 0.25) is 10.0 Å². The van der Waals surface area contributed by atoms with E-state index < -0.39 is 0 Å². The van der Waals surface area contributed by atoms with Gasteiger partial charge in [0.15, 0.2) is 0 Å². The van der Waals surface area contributed by atoms with Crippen LogP contribution in [-0.2, 0) is 11.2 Å². The predicted octanol–water partition coefficient (Wildman–Crippen LogP) is 3.70. The lowest BCUT2D eigenvalue weighted by atomic mass is 10.1. The summed E-state index contributed by atoms with van der Waals surface area (Å²) in [7, 11) is 0. The topological polar surface area (TPSA) is 29.1 Å². The zero-order chi connectivity index (χ0) is 15.1. The molecule has 2 nitrogen and oxygen atoms in total. The molecule has 21 heavy (non-hydrogen) atoms. The molecule has 2 rings (SSSR count). The average Bonchev–Trinajstić information content (AvgIpc) is 2.46. The summed E-state index contributed by atoms with van der Waals surface area (Å²) in [6.45, 7) is 0.305. The lowest BCUT2D eigenvalue weighted by Crippen LogP contribution is -2.25. The number of hydrogen-bond donors (Lipinski definition) is 1. The summed E-state index contributed by atoms with van der Waals surface area (Å²) in [4.78, 5) is 11.7. The van der Waals surface area contributed by atoms with E-state index in [1.165, 1.54) is 0 Å². The number of amides is 1. The van der Waals surface area contributed by atoms with Crippen LogP contribution in [0.25, 0.3) is 0 Å². The SMILES string of the molecule is O=C(Cc1ccc(Cl)cc1)NCC#Cc1cccc(Cl)c1.